The fourth-order valence-corrected chi connectivity index (χ4v) is 3.37. The molecule has 2 aromatic rings. The number of pyridine rings is 1. The number of alkyl halides is 6. The van der Waals surface area contributed by atoms with E-state index in [0.29, 0.717) is 5.56 Å². The third kappa shape index (κ3) is 7.36. The van der Waals surface area contributed by atoms with Crippen molar-refractivity contribution in [1.29, 1.82) is 0 Å². The molecule has 0 bridgehead atoms. The number of aromatic nitrogens is 3. The molecule has 39 heavy (non-hydrogen) atoms. The number of nitrogens with one attached hydrogen (secondary N) is 3. The van der Waals surface area contributed by atoms with Crippen molar-refractivity contribution in [3.05, 3.63) is 41.9 Å². The van der Waals surface area contributed by atoms with Crippen molar-refractivity contribution in [2.75, 3.05) is 18.5 Å². The molecular formula is C22H25F6N7O4. The normalized spacial score (nSPS) is 17.1. The number of nitrogens with zero attached hydrogens (tertiary/aromatic N) is 4. The number of aryl methyl sites for hydroxylation is 1. The first-order valence-corrected chi connectivity index (χ1v) is 11.4. The smallest absolute Gasteiger partial charge is 0.363 e. The van der Waals surface area contributed by atoms with Crippen molar-refractivity contribution in [3.8, 4) is 0 Å². The molecule has 0 saturated carbocycles. The Morgan fingerprint density at radius 2 is 1.87 bits per heavy atom. The summed E-state index contributed by atoms with van der Waals surface area (Å²) in [5, 5.41) is 10.3. The van der Waals surface area contributed by atoms with Gasteiger partial charge in [0, 0.05) is 26.0 Å². The second-order valence-electron chi connectivity index (χ2n) is 9.15. The molecule has 1 aliphatic heterocycles. The predicted octanol–water partition coefficient (Wildman–Crippen LogP) is 2.37. The SMILES string of the molecule is Cn1nccc1C(=O)N[C@@H](COC(C)(C)C(F)(F)F)C(=O)Nc1cc(CN2C[C@@H](C(F)(F)F)NC2=O)ccn1. The maximum atomic E-state index is 13.3. The van der Waals surface area contributed by atoms with E-state index in [9.17, 15) is 40.7 Å². The molecule has 0 aliphatic carbocycles. The van der Waals surface area contributed by atoms with Crippen molar-refractivity contribution in [3.63, 3.8) is 0 Å². The van der Waals surface area contributed by atoms with Gasteiger partial charge in [-0.15, -0.1) is 0 Å². The Balaban J connectivity index is 1.73. The second-order valence-corrected chi connectivity index (χ2v) is 9.15. The van der Waals surface area contributed by atoms with Gasteiger partial charge in [-0.3, -0.25) is 14.3 Å². The van der Waals surface area contributed by atoms with Crippen LogP contribution in [-0.4, -0.2) is 80.7 Å². The van der Waals surface area contributed by atoms with Crippen LogP contribution >= 0.6 is 0 Å². The summed E-state index contributed by atoms with van der Waals surface area (Å²) in [6.07, 6.45) is -6.88. The van der Waals surface area contributed by atoms with E-state index < -0.39 is 61.0 Å². The van der Waals surface area contributed by atoms with E-state index in [0.717, 1.165) is 18.7 Å². The molecule has 2 aromatic heterocycles. The second kappa shape index (κ2) is 11.1. The van der Waals surface area contributed by atoms with Gasteiger partial charge in [-0.2, -0.15) is 31.4 Å². The lowest BCUT2D eigenvalue weighted by molar-refractivity contribution is -0.264. The Bertz CT molecular complexity index is 1210. The Labute approximate surface area is 217 Å². The monoisotopic (exact) mass is 565 g/mol. The lowest BCUT2D eigenvalue weighted by Crippen LogP contribution is -2.51. The number of carbonyl (C=O) groups excluding carboxylic acids is 3. The van der Waals surface area contributed by atoms with Gasteiger partial charge < -0.3 is 25.6 Å². The Kier molecular flexibility index (Phi) is 8.42. The quantitative estimate of drug-likeness (QED) is 0.401. The summed E-state index contributed by atoms with van der Waals surface area (Å²) >= 11 is 0. The van der Waals surface area contributed by atoms with E-state index in [-0.39, 0.29) is 18.1 Å². The number of anilines is 1. The molecule has 214 valence electrons. The van der Waals surface area contributed by atoms with Crippen LogP contribution in [0.5, 0.6) is 0 Å². The number of hydrogen-bond acceptors (Lipinski definition) is 6. The van der Waals surface area contributed by atoms with Gasteiger partial charge in [-0.25, -0.2) is 9.78 Å². The summed E-state index contributed by atoms with van der Waals surface area (Å²) in [7, 11) is 1.44. The van der Waals surface area contributed by atoms with Crippen LogP contribution in [0.25, 0.3) is 0 Å². The zero-order chi connectivity index (χ0) is 29.2. The average Bonchev–Trinajstić information content (AvgIpc) is 3.41. The third-order valence-corrected chi connectivity index (χ3v) is 5.80. The van der Waals surface area contributed by atoms with Crippen molar-refractivity contribution in [1.82, 2.24) is 30.3 Å². The summed E-state index contributed by atoms with van der Waals surface area (Å²) in [6.45, 7) is -0.218. The highest BCUT2D eigenvalue weighted by molar-refractivity contribution is 6.00. The summed E-state index contributed by atoms with van der Waals surface area (Å²) in [4.78, 5) is 42.4. The highest BCUT2D eigenvalue weighted by Gasteiger charge is 2.49. The van der Waals surface area contributed by atoms with E-state index >= 15 is 0 Å². The van der Waals surface area contributed by atoms with Crippen LogP contribution < -0.4 is 16.0 Å². The first kappa shape index (κ1) is 29.7. The first-order chi connectivity index (χ1) is 18.0. The summed E-state index contributed by atoms with van der Waals surface area (Å²) in [6, 6.07) is -0.574. The van der Waals surface area contributed by atoms with Gasteiger partial charge in [-0.1, -0.05) is 0 Å². The van der Waals surface area contributed by atoms with Crippen molar-refractivity contribution in [2.45, 2.75) is 50.4 Å². The largest absolute Gasteiger partial charge is 0.416 e. The minimum Gasteiger partial charge on any atom is -0.363 e. The minimum absolute atomic E-state index is 0.0176. The number of urea groups is 1. The molecule has 1 aliphatic rings. The molecule has 3 rings (SSSR count). The molecule has 3 N–H and O–H groups in total. The van der Waals surface area contributed by atoms with E-state index in [1.807, 2.05) is 5.32 Å². The summed E-state index contributed by atoms with van der Waals surface area (Å²) in [5.74, 6) is -1.92. The van der Waals surface area contributed by atoms with Crippen LogP contribution in [-0.2, 0) is 23.1 Å². The molecule has 2 atom stereocenters. The maximum Gasteiger partial charge on any atom is 0.416 e. The van der Waals surface area contributed by atoms with Crippen LogP contribution in [0.1, 0.15) is 29.9 Å². The van der Waals surface area contributed by atoms with Gasteiger partial charge in [-0.05, 0) is 37.6 Å². The van der Waals surface area contributed by atoms with Crippen LogP contribution in [0.15, 0.2) is 30.6 Å². The highest BCUT2D eigenvalue weighted by atomic mass is 19.4. The minimum atomic E-state index is -4.77. The van der Waals surface area contributed by atoms with Crippen LogP contribution in [0, 0.1) is 0 Å². The molecular weight excluding hydrogens is 540 g/mol. The fraction of sp³-hybridized carbons (Fsp3) is 0.500. The van der Waals surface area contributed by atoms with E-state index in [2.05, 4.69) is 20.7 Å². The summed E-state index contributed by atoms with van der Waals surface area (Å²) < 4.78 is 84.7. The highest BCUT2D eigenvalue weighted by Crippen LogP contribution is 2.33. The van der Waals surface area contributed by atoms with Crippen molar-refractivity contribution in [2.24, 2.45) is 7.05 Å². The third-order valence-electron chi connectivity index (χ3n) is 5.80. The molecule has 17 heteroatoms. The Morgan fingerprint density at radius 3 is 2.44 bits per heavy atom. The number of halogens is 6. The van der Waals surface area contributed by atoms with E-state index in [4.69, 9.17) is 4.74 Å². The molecule has 1 saturated heterocycles. The number of carbonyl (C=O) groups is 3. The van der Waals surface area contributed by atoms with Crippen molar-refractivity contribution < 1.29 is 45.5 Å². The number of amides is 4. The van der Waals surface area contributed by atoms with Gasteiger partial charge in [0.25, 0.3) is 11.8 Å². The predicted molar refractivity (Wildman–Crippen MR) is 122 cm³/mol. The van der Waals surface area contributed by atoms with E-state index in [1.54, 1.807) is 0 Å². The van der Waals surface area contributed by atoms with Gasteiger partial charge in [0.1, 0.15) is 23.6 Å². The molecule has 0 aromatic carbocycles. The molecule has 0 spiro atoms. The average molecular weight is 565 g/mol. The standard InChI is InChI=1S/C22H25F6N7O4/c1-20(2,22(26,27)28)39-11-13(31-18(37)14-5-7-30-34(14)3)17(36)33-16-8-12(4-6-29-16)9-35-10-15(21(23,24)25)32-19(35)38/h4-8,13,15H,9-11H2,1-3H3,(H,31,37)(H,32,38)(H,29,33,36)/t13-,15-/m0/s1. The number of rotatable bonds is 9. The molecule has 1 fully saturated rings. The zero-order valence-corrected chi connectivity index (χ0v) is 20.9. The van der Waals surface area contributed by atoms with Gasteiger partial charge in [0.15, 0.2) is 5.60 Å². The topological polar surface area (TPSA) is 130 Å². The Morgan fingerprint density at radius 1 is 1.18 bits per heavy atom. The maximum absolute atomic E-state index is 13.3. The molecule has 0 radical (unpaired) electrons. The van der Waals surface area contributed by atoms with Gasteiger partial charge in [0.2, 0.25) is 0 Å². The number of ether oxygens (including phenoxy) is 1. The molecule has 11 nitrogen and oxygen atoms in total. The Hall–Kier alpha value is -3.89. The van der Waals surface area contributed by atoms with Crippen LogP contribution in [0.2, 0.25) is 0 Å². The summed E-state index contributed by atoms with van der Waals surface area (Å²) in [5.41, 5.74) is -2.32. The lowest BCUT2D eigenvalue weighted by atomic mass is 10.1. The molecule has 3 heterocycles. The van der Waals surface area contributed by atoms with Crippen LogP contribution in [0.3, 0.4) is 0 Å². The molecule has 4 amide bonds. The van der Waals surface area contributed by atoms with Crippen LogP contribution in [0.4, 0.5) is 37.0 Å². The number of hydrogen-bond donors (Lipinski definition) is 3. The van der Waals surface area contributed by atoms with Crippen molar-refractivity contribution >= 4 is 23.7 Å². The van der Waals surface area contributed by atoms with Gasteiger partial charge in [0.05, 0.1) is 13.2 Å². The zero-order valence-electron chi connectivity index (χ0n) is 20.9. The fourth-order valence-electron chi connectivity index (χ4n) is 3.37. The molecule has 0 unspecified atom stereocenters. The van der Waals surface area contributed by atoms with E-state index in [1.165, 1.54) is 42.3 Å². The first-order valence-electron chi connectivity index (χ1n) is 11.4. The lowest BCUT2D eigenvalue weighted by Gasteiger charge is -2.30. The van der Waals surface area contributed by atoms with Gasteiger partial charge >= 0.3 is 18.4 Å².